The Morgan fingerprint density at radius 1 is 1.00 bits per heavy atom. The summed E-state index contributed by atoms with van der Waals surface area (Å²) in [5, 5.41) is 3.06. The largest absolute Gasteiger partial charge is 0.365 e. The van der Waals surface area contributed by atoms with Gasteiger partial charge in [0.1, 0.15) is 0 Å². The number of halogens is 1. The van der Waals surface area contributed by atoms with E-state index in [2.05, 4.69) is 45.5 Å². The number of hydrogen-bond donors (Lipinski definition) is 1. The van der Waals surface area contributed by atoms with Crippen LogP contribution in [0.5, 0.6) is 0 Å². The molecule has 4 heteroatoms. The molecule has 1 amide bonds. The van der Waals surface area contributed by atoms with Gasteiger partial charge in [-0.2, -0.15) is 0 Å². The zero-order chi connectivity index (χ0) is 16.2. The van der Waals surface area contributed by atoms with Crippen molar-refractivity contribution in [3.63, 3.8) is 0 Å². The first kappa shape index (κ1) is 16.2. The average Bonchev–Trinajstić information content (AvgIpc) is 2.55. The van der Waals surface area contributed by atoms with Crippen LogP contribution in [0.3, 0.4) is 0 Å². The summed E-state index contributed by atoms with van der Waals surface area (Å²) in [7, 11) is 0. The summed E-state index contributed by atoms with van der Waals surface area (Å²) in [5.74, 6) is 0.0123. The maximum atomic E-state index is 11.5. The van der Waals surface area contributed by atoms with E-state index in [1.807, 2.05) is 30.3 Å². The van der Waals surface area contributed by atoms with Crippen LogP contribution in [0, 0.1) is 0 Å². The van der Waals surface area contributed by atoms with Gasteiger partial charge in [0.25, 0.3) is 0 Å². The number of rotatable bonds is 3. The van der Waals surface area contributed by atoms with E-state index >= 15 is 0 Å². The highest BCUT2D eigenvalue weighted by Crippen LogP contribution is 2.39. The quantitative estimate of drug-likeness (QED) is 0.856. The Balaban J connectivity index is 1.84. The monoisotopic (exact) mass is 373 g/mol. The summed E-state index contributed by atoms with van der Waals surface area (Å²) < 4.78 is 7.39. The van der Waals surface area contributed by atoms with Crippen molar-refractivity contribution in [2.24, 2.45) is 0 Å². The fraction of sp³-hybridized carbons (Fsp3) is 0.316. The second-order valence-corrected chi connectivity index (χ2v) is 6.86. The molecule has 3 rings (SSSR count). The lowest BCUT2D eigenvalue weighted by Crippen LogP contribution is -2.39. The minimum atomic E-state index is -0.0149. The molecule has 0 bridgehead atoms. The number of amides is 1. The van der Waals surface area contributed by atoms with Gasteiger partial charge in [-0.05, 0) is 36.1 Å². The lowest BCUT2D eigenvalue weighted by atomic mass is 9.91. The van der Waals surface area contributed by atoms with Crippen molar-refractivity contribution in [2.75, 3.05) is 0 Å². The fourth-order valence-electron chi connectivity index (χ4n) is 3.10. The van der Waals surface area contributed by atoms with Crippen molar-refractivity contribution in [1.29, 1.82) is 0 Å². The van der Waals surface area contributed by atoms with Crippen molar-refractivity contribution >= 4 is 21.8 Å². The molecule has 0 saturated carbocycles. The normalized spacial score (nSPS) is 24.2. The highest BCUT2D eigenvalue weighted by atomic mass is 79.9. The first-order valence-corrected chi connectivity index (χ1v) is 8.64. The third-order valence-corrected chi connectivity index (χ3v) is 4.67. The van der Waals surface area contributed by atoms with Crippen LogP contribution in [-0.4, -0.2) is 11.9 Å². The number of carbonyl (C=O) groups is 1. The van der Waals surface area contributed by atoms with E-state index in [-0.39, 0.29) is 24.2 Å². The standard InChI is InChI=1S/C19H20BrNO2/c1-13(22)21-17-11-18(14-5-3-2-4-6-14)23-19(12-17)15-7-9-16(20)10-8-15/h2-10,17-19H,11-12H2,1H3,(H,21,22)/t17-,18-,19+/m0/s1. The van der Waals surface area contributed by atoms with Crippen molar-refractivity contribution < 1.29 is 9.53 Å². The Hall–Kier alpha value is -1.65. The molecule has 1 N–H and O–H groups in total. The Labute approximate surface area is 145 Å². The van der Waals surface area contributed by atoms with Crippen molar-refractivity contribution in [3.8, 4) is 0 Å². The molecule has 0 aromatic heterocycles. The van der Waals surface area contributed by atoms with Gasteiger partial charge in [0.05, 0.1) is 12.2 Å². The molecule has 1 aliphatic heterocycles. The molecule has 0 radical (unpaired) electrons. The molecule has 23 heavy (non-hydrogen) atoms. The SMILES string of the molecule is CC(=O)N[C@H]1C[C@@H](c2ccccc2)O[C@@H](c2ccc(Br)cc2)C1. The lowest BCUT2D eigenvalue weighted by Gasteiger charge is -2.36. The molecule has 1 saturated heterocycles. The van der Waals surface area contributed by atoms with Crippen molar-refractivity contribution in [3.05, 3.63) is 70.2 Å². The number of hydrogen-bond acceptors (Lipinski definition) is 2. The molecule has 2 aromatic carbocycles. The van der Waals surface area contributed by atoms with Gasteiger partial charge in [-0.3, -0.25) is 4.79 Å². The third kappa shape index (κ3) is 4.21. The summed E-state index contributed by atoms with van der Waals surface area (Å²) in [6.45, 7) is 1.57. The number of carbonyl (C=O) groups excluding carboxylic acids is 1. The maximum Gasteiger partial charge on any atom is 0.217 e. The molecule has 0 unspecified atom stereocenters. The Bertz CT molecular complexity index is 657. The first-order chi connectivity index (χ1) is 11.1. The molecular formula is C19H20BrNO2. The van der Waals surface area contributed by atoms with Gasteiger partial charge in [0.15, 0.2) is 0 Å². The highest BCUT2D eigenvalue weighted by Gasteiger charge is 2.31. The molecule has 1 fully saturated rings. The van der Waals surface area contributed by atoms with E-state index in [0.717, 1.165) is 28.4 Å². The second kappa shape index (κ2) is 7.28. The Kier molecular flexibility index (Phi) is 5.13. The van der Waals surface area contributed by atoms with E-state index in [1.165, 1.54) is 0 Å². The molecule has 0 aliphatic carbocycles. The van der Waals surface area contributed by atoms with Crippen LogP contribution in [0.4, 0.5) is 0 Å². The van der Waals surface area contributed by atoms with Crippen LogP contribution < -0.4 is 5.32 Å². The number of ether oxygens (including phenoxy) is 1. The molecule has 3 nitrogen and oxygen atoms in total. The zero-order valence-electron chi connectivity index (χ0n) is 13.0. The van der Waals surface area contributed by atoms with Gasteiger partial charge >= 0.3 is 0 Å². The van der Waals surface area contributed by atoms with Gasteiger partial charge in [-0.15, -0.1) is 0 Å². The van der Waals surface area contributed by atoms with Crippen LogP contribution in [0.2, 0.25) is 0 Å². The summed E-state index contributed by atoms with van der Waals surface area (Å²) in [6.07, 6.45) is 1.58. The van der Waals surface area contributed by atoms with Crippen LogP contribution in [0.25, 0.3) is 0 Å². The molecule has 3 atom stereocenters. The van der Waals surface area contributed by atoms with E-state index in [1.54, 1.807) is 6.92 Å². The van der Waals surface area contributed by atoms with E-state index < -0.39 is 0 Å². The number of nitrogens with one attached hydrogen (secondary N) is 1. The highest BCUT2D eigenvalue weighted by molar-refractivity contribution is 9.10. The molecular weight excluding hydrogens is 354 g/mol. The van der Waals surface area contributed by atoms with Crippen LogP contribution in [0.1, 0.15) is 43.1 Å². The minimum Gasteiger partial charge on any atom is -0.365 e. The fourth-order valence-corrected chi connectivity index (χ4v) is 3.37. The van der Waals surface area contributed by atoms with Crippen molar-refractivity contribution in [2.45, 2.75) is 38.0 Å². The average molecular weight is 374 g/mol. The van der Waals surface area contributed by atoms with Gasteiger partial charge in [-0.1, -0.05) is 58.4 Å². The van der Waals surface area contributed by atoms with Crippen molar-refractivity contribution in [1.82, 2.24) is 5.32 Å². The smallest absolute Gasteiger partial charge is 0.217 e. The summed E-state index contributed by atoms with van der Waals surface area (Å²) in [6, 6.07) is 18.5. The van der Waals surface area contributed by atoms with Gasteiger partial charge in [0.2, 0.25) is 5.91 Å². The van der Waals surface area contributed by atoms with Crippen LogP contribution >= 0.6 is 15.9 Å². The third-order valence-electron chi connectivity index (χ3n) is 4.15. The van der Waals surface area contributed by atoms with Crippen LogP contribution in [0.15, 0.2) is 59.1 Å². The summed E-state index contributed by atoms with van der Waals surface area (Å²) >= 11 is 3.46. The maximum absolute atomic E-state index is 11.5. The van der Waals surface area contributed by atoms with Crippen LogP contribution in [-0.2, 0) is 9.53 Å². The molecule has 0 spiro atoms. The molecule has 1 aliphatic rings. The molecule has 1 heterocycles. The first-order valence-electron chi connectivity index (χ1n) is 7.85. The lowest BCUT2D eigenvalue weighted by molar-refractivity contribution is -0.122. The van der Waals surface area contributed by atoms with E-state index in [9.17, 15) is 4.79 Å². The predicted molar refractivity (Wildman–Crippen MR) is 94.0 cm³/mol. The zero-order valence-corrected chi connectivity index (χ0v) is 14.6. The van der Waals surface area contributed by atoms with Gasteiger partial charge in [-0.25, -0.2) is 0 Å². The molecule has 2 aromatic rings. The van der Waals surface area contributed by atoms with E-state index in [0.29, 0.717) is 0 Å². The Morgan fingerprint density at radius 3 is 2.13 bits per heavy atom. The van der Waals surface area contributed by atoms with Gasteiger partial charge < -0.3 is 10.1 Å². The topological polar surface area (TPSA) is 38.3 Å². The predicted octanol–water partition coefficient (Wildman–Crippen LogP) is 4.55. The van der Waals surface area contributed by atoms with E-state index in [4.69, 9.17) is 4.74 Å². The summed E-state index contributed by atoms with van der Waals surface area (Å²) in [5.41, 5.74) is 2.30. The molecule has 120 valence electrons. The summed E-state index contributed by atoms with van der Waals surface area (Å²) in [4.78, 5) is 11.5. The number of benzene rings is 2. The second-order valence-electron chi connectivity index (χ2n) is 5.94. The van der Waals surface area contributed by atoms with Gasteiger partial charge in [0, 0.05) is 17.4 Å². The minimum absolute atomic E-state index is 0.00422. The Morgan fingerprint density at radius 2 is 1.57 bits per heavy atom.